The molecule has 2 aliphatic rings. The van der Waals surface area contributed by atoms with Crippen LogP contribution in [0.2, 0.25) is 0 Å². The summed E-state index contributed by atoms with van der Waals surface area (Å²) in [5.41, 5.74) is 3.14. The quantitative estimate of drug-likeness (QED) is 0.630. The number of nitrogens with zero attached hydrogens (tertiary/aromatic N) is 2. The molecule has 0 atom stereocenters. The molecule has 148 valence electrons. The van der Waals surface area contributed by atoms with Crippen molar-refractivity contribution in [2.24, 2.45) is 5.16 Å². The highest BCUT2D eigenvalue weighted by molar-refractivity contribution is 6.08. The lowest BCUT2D eigenvalue weighted by Gasteiger charge is -2.32. The summed E-state index contributed by atoms with van der Waals surface area (Å²) in [7, 11) is 1.83. The Bertz CT molecular complexity index is 912. The summed E-state index contributed by atoms with van der Waals surface area (Å²) < 4.78 is 45.5. The van der Waals surface area contributed by atoms with Gasteiger partial charge in [-0.3, -0.25) is 0 Å². The van der Waals surface area contributed by atoms with Gasteiger partial charge in [0.05, 0.1) is 22.6 Å². The van der Waals surface area contributed by atoms with Crippen molar-refractivity contribution in [2.75, 3.05) is 31.6 Å². The van der Waals surface area contributed by atoms with Crippen molar-refractivity contribution >= 4 is 17.1 Å². The van der Waals surface area contributed by atoms with E-state index in [1.165, 1.54) is 6.07 Å². The molecule has 0 fully saturated rings. The maximum atomic E-state index is 13.2. The van der Waals surface area contributed by atoms with E-state index in [1.807, 2.05) is 30.1 Å². The highest BCUT2D eigenvalue weighted by atomic mass is 19.4. The Labute approximate surface area is 160 Å². The minimum Gasteiger partial charge on any atom is -0.487 e. The zero-order chi connectivity index (χ0) is 19.7. The number of oxime groups is 1. The number of hydrogen-bond donors (Lipinski definition) is 1. The van der Waals surface area contributed by atoms with Crippen LogP contribution in [0, 0.1) is 0 Å². The summed E-state index contributed by atoms with van der Waals surface area (Å²) in [6.45, 7) is 1.90. The number of benzene rings is 2. The van der Waals surface area contributed by atoms with Gasteiger partial charge in [0.25, 0.3) is 0 Å². The van der Waals surface area contributed by atoms with Crippen LogP contribution >= 0.6 is 0 Å². The van der Waals surface area contributed by atoms with Crippen molar-refractivity contribution in [1.82, 2.24) is 5.32 Å². The molecule has 2 aliphatic heterocycles. The lowest BCUT2D eigenvalue weighted by molar-refractivity contribution is -0.137. The summed E-state index contributed by atoms with van der Waals surface area (Å²) in [6, 6.07) is 9.36. The summed E-state index contributed by atoms with van der Waals surface area (Å²) in [4.78, 5) is 7.29. The molecule has 1 N–H and O–H groups in total. The zero-order valence-corrected chi connectivity index (χ0v) is 15.3. The number of para-hydroxylation sites is 1. The fourth-order valence-electron chi connectivity index (χ4n) is 3.51. The van der Waals surface area contributed by atoms with Crippen LogP contribution in [0.4, 0.5) is 24.5 Å². The first-order valence-electron chi connectivity index (χ1n) is 9.06. The van der Waals surface area contributed by atoms with Crippen LogP contribution in [0.3, 0.4) is 0 Å². The number of likely N-dealkylation sites (N-methyl/N-ethyl adjacent to an activating group) is 1. The van der Waals surface area contributed by atoms with Crippen LogP contribution in [-0.4, -0.2) is 32.5 Å². The van der Waals surface area contributed by atoms with Gasteiger partial charge in [0.1, 0.15) is 19.0 Å². The van der Waals surface area contributed by atoms with Gasteiger partial charge in [-0.1, -0.05) is 23.4 Å². The summed E-state index contributed by atoms with van der Waals surface area (Å²) in [5, 5.41) is 7.25. The predicted molar refractivity (Wildman–Crippen MR) is 100 cm³/mol. The molecule has 0 bridgehead atoms. The van der Waals surface area contributed by atoms with Gasteiger partial charge in [-0.25, -0.2) is 0 Å². The Hall–Kier alpha value is -2.74. The molecule has 0 unspecified atom stereocenters. The van der Waals surface area contributed by atoms with E-state index in [-0.39, 0.29) is 6.61 Å². The van der Waals surface area contributed by atoms with E-state index in [0.29, 0.717) is 37.6 Å². The Morgan fingerprint density at radius 3 is 2.89 bits per heavy atom. The molecule has 0 amide bonds. The fraction of sp³-hybridized carbons (Fsp3) is 0.350. The maximum absolute atomic E-state index is 13.2. The molecule has 8 heteroatoms. The van der Waals surface area contributed by atoms with Crippen molar-refractivity contribution < 1.29 is 22.7 Å². The molecular weight excluding hydrogens is 371 g/mol. The van der Waals surface area contributed by atoms with Crippen LogP contribution in [0.15, 0.2) is 41.6 Å². The Morgan fingerprint density at radius 1 is 1.25 bits per heavy atom. The van der Waals surface area contributed by atoms with Crippen LogP contribution in [0.25, 0.3) is 0 Å². The highest BCUT2D eigenvalue weighted by Crippen LogP contribution is 2.45. The van der Waals surface area contributed by atoms with Crippen molar-refractivity contribution in [1.29, 1.82) is 0 Å². The zero-order valence-electron chi connectivity index (χ0n) is 15.3. The van der Waals surface area contributed by atoms with Gasteiger partial charge >= 0.3 is 6.18 Å². The Kier molecular flexibility index (Phi) is 4.89. The van der Waals surface area contributed by atoms with Gasteiger partial charge in [-0.2, -0.15) is 13.2 Å². The molecule has 0 saturated heterocycles. The summed E-state index contributed by atoms with van der Waals surface area (Å²) in [5.74, 6) is 0.445. The second kappa shape index (κ2) is 7.35. The number of ether oxygens (including phenoxy) is 1. The van der Waals surface area contributed by atoms with Gasteiger partial charge in [0.2, 0.25) is 0 Å². The Balaban J connectivity index is 1.77. The topological polar surface area (TPSA) is 46.1 Å². The number of alkyl halides is 3. The van der Waals surface area contributed by atoms with Crippen molar-refractivity contribution in [2.45, 2.75) is 19.2 Å². The van der Waals surface area contributed by atoms with E-state index in [4.69, 9.17) is 9.57 Å². The van der Waals surface area contributed by atoms with Gasteiger partial charge in [0, 0.05) is 30.6 Å². The normalized spacial score (nSPS) is 16.9. The van der Waals surface area contributed by atoms with Gasteiger partial charge in [-0.05, 0) is 25.2 Å². The Morgan fingerprint density at radius 2 is 2.11 bits per heavy atom. The first-order chi connectivity index (χ1) is 13.5. The van der Waals surface area contributed by atoms with Gasteiger partial charge in [-0.15, -0.1) is 0 Å². The molecule has 28 heavy (non-hydrogen) atoms. The van der Waals surface area contributed by atoms with E-state index in [2.05, 4.69) is 10.5 Å². The standard InChI is InChI=1S/C20H20F3N3O2/c1-24-8-10-28-25-16-7-9-26-17-11-14(20(21,22)23)5-6-18(17)27-12-13-3-2-4-15(16)19(13)26/h2-6,11,24H,7-10,12H2,1H3/b25-16-. The predicted octanol–water partition coefficient (Wildman–Crippen LogP) is 4.08. The average molecular weight is 391 g/mol. The van der Waals surface area contributed by atoms with Crippen LogP contribution in [0.1, 0.15) is 23.1 Å². The van der Waals surface area contributed by atoms with Crippen LogP contribution in [-0.2, 0) is 17.6 Å². The molecule has 2 aromatic carbocycles. The number of fused-ring (bicyclic) bond motifs is 2. The number of halogens is 3. The second-order valence-corrected chi connectivity index (χ2v) is 6.66. The minimum absolute atomic E-state index is 0.284. The third-order valence-corrected chi connectivity index (χ3v) is 4.85. The van der Waals surface area contributed by atoms with Crippen molar-refractivity contribution in [3.8, 4) is 5.75 Å². The fourth-order valence-corrected chi connectivity index (χ4v) is 3.51. The minimum atomic E-state index is -4.41. The molecule has 0 saturated carbocycles. The smallest absolute Gasteiger partial charge is 0.416 e. The van der Waals surface area contributed by atoms with E-state index in [0.717, 1.165) is 34.7 Å². The lowest BCUT2D eigenvalue weighted by Crippen LogP contribution is -2.29. The number of rotatable bonds is 4. The van der Waals surface area contributed by atoms with Crippen molar-refractivity contribution in [3.05, 3.63) is 53.1 Å². The largest absolute Gasteiger partial charge is 0.487 e. The third-order valence-electron chi connectivity index (χ3n) is 4.85. The maximum Gasteiger partial charge on any atom is 0.416 e. The molecule has 4 rings (SSSR count). The van der Waals surface area contributed by atoms with Crippen molar-refractivity contribution in [3.63, 3.8) is 0 Å². The van der Waals surface area contributed by atoms with Gasteiger partial charge in [0.15, 0.2) is 0 Å². The highest BCUT2D eigenvalue weighted by Gasteiger charge is 2.35. The number of hydrogen-bond acceptors (Lipinski definition) is 5. The lowest BCUT2D eigenvalue weighted by atomic mass is 9.95. The van der Waals surface area contributed by atoms with E-state index >= 15 is 0 Å². The molecule has 0 spiro atoms. The third kappa shape index (κ3) is 3.40. The average Bonchev–Trinajstić information content (AvgIpc) is 2.84. The number of anilines is 2. The monoisotopic (exact) mass is 391 g/mol. The number of nitrogens with one attached hydrogen (secondary N) is 1. The molecule has 0 radical (unpaired) electrons. The second-order valence-electron chi connectivity index (χ2n) is 6.66. The van der Waals surface area contributed by atoms with Gasteiger partial charge < -0.3 is 19.8 Å². The molecule has 0 aliphatic carbocycles. The molecule has 2 heterocycles. The molecular formula is C20H20F3N3O2. The first kappa shape index (κ1) is 18.6. The molecule has 5 nitrogen and oxygen atoms in total. The first-order valence-corrected chi connectivity index (χ1v) is 9.06. The molecule has 0 aromatic heterocycles. The van der Waals surface area contributed by atoms with E-state index < -0.39 is 11.7 Å². The summed E-state index contributed by atoms with van der Waals surface area (Å²) >= 11 is 0. The SMILES string of the molecule is CNCCO/N=C1/CCN2c3cc(C(F)(F)F)ccc3OCc3cccc1c32. The van der Waals surface area contributed by atoms with Crippen LogP contribution < -0.4 is 15.0 Å². The summed E-state index contributed by atoms with van der Waals surface area (Å²) in [6.07, 6.45) is -3.85. The van der Waals surface area contributed by atoms with E-state index in [9.17, 15) is 13.2 Å². The molecule has 2 aromatic rings. The van der Waals surface area contributed by atoms with Crippen LogP contribution in [0.5, 0.6) is 5.75 Å². The van der Waals surface area contributed by atoms with E-state index in [1.54, 1.807) is 0 Å².